The summed E-state index contributed by atoms with van der Waals surface area (Å²) in [6.45, 7) is 2.26. The molecule has 0 bridgehead atoms. The van der Waals surface area contributed by atoms with Crippen molar-refractivity contribution in [2.45, 2.75) is 26.2 Å². The Kier molecular flexibility index (Phi) is 6.82. The Morgan fingerprint density at radius 3 is 2.82 bits per heavy atom. The number of esters is 1. The lowest BCUT2D eigenvalue weighted by molar-refractivity contribution is -0.142. The third kappa shape index (κ3) is 5.21. The van der Waals surface area contributed by atoms with Crippen LogP contribution >= 0.6 is 31.9 Å². The molecule has 1 aromatic rings. The molecule has 0 aliphatic heterocycles. The SMILES string of the molecule is CCOC(=O)Cc1ccc(Br)c(CCCBr)c1. The van der Waals surface area contributed by atoms with E-state index in [0.29, 0.717) is 13.0 Å². The van der Waals surface area contributed by atoms with Gasteiger partial charge in [0.05, 0.1) is 13.0 Å². The topological polar surface area (TPSA) is 26.3 Å². The van der Waals surface area contributed by atoms with Crippen molar-refractivity contribution >= 4 is 37.8 Å². The van der Waals surface area contributed by atoms with Crippen molar-refractivity contribution in [3.05, 3.63) is 33.8 Å². The highest BCUT2D eigenvalue weighted by Crippen LogP contribution is 2.20. The zero-order chi connectivity index (χ0) is 12.7. The van der Waals surface area contributed by atoms with Crippen molar-refractivity contribution in [2.24, 2.45) is 0 Å². The first-order valence-corrected chi connectivity index (χ1v) is 7.57. The summed E-state index contributed by atoms with van der Waals surface area (Å²) in [6.07, 6.45) is 2.44. The molecule has 0 radical (unpaired) electrons. The number of aryl methyl sites for hydroxylation is 1. The molecular formula is C13H16Br2O2. The van der Waals surface area contributed by atoms with Crippen LogP contribution in [0.3, 0.4) is 0 Å². The fraction of sp³-hybridized carbons (Fsp3) is 0.462. The Morgan fingerprint density at radius 2 is 2.18 bits per heavy atom. The fourth-order valence-electron chi connectivity index (χ4n) is 1.57. The van der Waals surface area contributed by atoms with E-state index in [-0.39, 0.29) is 5.97 Å². The van der Waals surface area contributed by atoms with Crippen molar-refractivity contribution in [3.63, 3.8) is 0 Å². The first-order valence-electron chi connectivity index (χ1n) is 5.66. The van der Waals surface area contributed by atoms with Crippen LogP contribution in [0.5, 0.6) is 0 Å². The summed E-state index contributed by atoms with van der Waals surface area (Å²) in [5, 5.41) is 0.988. The molecule has 2 nitrogen and oxygen atoms in total. The molecule has 0 saturated carbocycles. The average molecular weight is 364 g/mol. The predicted octanol–water partition coefficient (Wildman–Crippen LogP) is 3.88. The Balaban J connectivity index is 2.70. The molecule has 0 N–H and O–H groups in total. The minimum atomic E-state index is -0.165. The number of carbonyl (C=O) groups is 1. The lowest BCUT2D eigenvalue weighted by Gasteiger charge is -2.07. The van der Waals surface area contributed by atoms with Crippen LogP contribution in [0.1, 0.15) is 24.5 Å². The first-order chi connectivity index (χ1) is 8.17. The molecule has 0 amide bonds. The molecule has 0 fully saturated rings. The summed E-state index contributed by atoms with van der Waals surface area (Å²) in [5.74, 6) is -0.165. The smallest absolute Gasteiger partial charge is 0.310 e. The number of alkyl halides is 1. The average Bonchev–Trinajstić information content (AvgIpc) is 2.30. The van der Waals surface area contributed by atoms with Gasteiger partial charge in [0.1, 0.15) is 0 Å². The monoisotopic (exact) mass is 362 g/mol. The summed E-state index contributed by atoms with van der Waals surface area (Å²) in [6, 6.07) is 6.03. The minimum absolute atomic E-state index is 0.165. The van der Waals surface area contributed by atoms with Gasteiger partial charge in [-0.1, -0.05) is 44.0 Å². The Labute approximate surface area is 119 Å². The van der Waals surface area contributed by atoms with Gasteiger partial charge in [0.15, 0.2) is 0 Å². The third-order valence-corrected chi connectivity index (χ3v) is 3.68. The highest BCUT2D eigenvalue weighted by atomic mass is 79.9. The maximum absolute atomic E-state index is 11.4. The number of rotatable bonds is 6. The van der Waals surface area contributed by atoms with Gasteiger partial charge in [0, 0.05) is 9.80 Å². The molecule has 0 aliphatic rings. The second-order valence-corrected chi connectivity index (χ2v) is 5.35. The quantitative estimate of drug-likeness (QED) is 0.566. The van der Waals surface area contributed by atoms with Crippen LogP contribution in [-0.4, -0.2) is 17.9 Å². The molecule has 94 valence electrons. The van der Waals surface area contributed by atoms with E-state index < -0.39 is 0 Å². The van der Waals surface area contributed by atoms with Gasteiger partial charge < -0.3 is 4.74 Å². The Hall–Kier alpha value is -0.350. The number of ether oxygens (including phenoxy) is 1. The van der Waals surface area contributed by atoms with Crippen LogP contribution in [-0.2, 0) is 22.4 Å². The van der Waals surface area contributed by atoms with E-state index in [1.165, 1.54) is 5.56 Å². The summed E-state index contributed by atoms with van der Waals surface area (Å²) >= 11 is 6.95. The van der Waals surface area contributed by atoms with Crippen molar-refractivity contribution in [1.29, 1.82) is 0 Å². The van der Waals surface area contributed by atoms with E-state index in [1.54, 1.807) is 0 Å². The van der Waals surface area contributed by atoms with Crippen LogP contribution in [0.4, 0.5) is 0 Å². The van der Waals surface area contributed by atoms with Crippen LogP contribution in [0.15, 0.2) is 22.7 Å². The second-order valence-electron chi connectivity index (χ2n) is 3.70. The highest BCUT2D eigenvalue weighted by Gasteiger charge is 2.06. The number of hydrogen-bond acceptors (Lipinski definition) is 2. The van der Waals surface area contributed by atoms with Crippen molar-refractivity contribution in [3.8, 4) is 0 Å². The van der Waals surface area contributed by atoms with Gasteiger partial charge in [-0.2, -0.15) is 0 Å². The molecule has 17 heavy (non-hydrogen) atoms. The molecule has 0 heterocycles. The van der Waals surface area contributed by atoms with E-state index in [1.807, 2.05) is 19.1 Å². The van der Waals surface area contributed by atoms with Crippen LogP contribution in [0.2, 0.25) is 0 Å². The Bertz CT molecular complexity index is 378. The molecule has 4 heteroatoms. The van der Waals surface area contributed by atoms with Gasteiger partial charge >= 0.3 is 5.97 Å². The molecular weight excluding hydrogens is 348 g/mol. The number of benzene rings is 1. The summed E-state index contributed by atoms with van der Waals surface area (Å²) < 4.78 is 6.04. The lowest BCUT2D eigenvalue weighted by Crippen LogP contribution is -2.07. The van der Waals surface area contributed by atoms with Crippen LogP contribution < -0.4 is 0 Å². The normalized spacial score (nSPS) is 10.3. The molecule has 1 aromatic carbocycles. The molecule has 0 unspecified atom stereocenters. The van der Waals surface area contributed by atoms with Gasteiger partial charge in [-0.05, 0) is 37.0 Å². The van der Waals surface area contributed by atoms with E-state index in [9.17, 15) is 4.79 Å². The summed E-state index contributed by atoms with van der Waals surface area (Å²) in [5.41, 5.74) is 2.25. The standard InChI is InChI=1S/C13H16Br2O2/c1-2-17-13(16)9-10-5-6-12(15)11(8-10)4-3-7-14/h5-6,8H,2-4,7,9H2,1H3. The molecule has 0 aromatic heterocycles. The second kappa shape index (κ2) is 7.88. The Morgan fingerprint density at radius 1 is 1.41 bits per heavy atom. The van der Waals surface area contributed by atoms with Gasteiger partial charge in [0.2, 0.25) is 0 Å². The van der Waals surface area contributed by atoms with Gasteiger partial charge in [-0.3, -0.25) is 4.79 Å². The predicted molar refractivity (Wildman–Crippen MR) is 76.6 cm³/mol. The first kappa shape index (κ1) is 14.7. The van der Waals surface area contributed by atoms with Crippen LogP contribution in [0, 0.1) is 0 Å². The summed E-state index contributed by atoms with van der Waals surface area (Å²) in [7, 11) is 0. The van der Waals surface area contributed by atoms with Crippen molar-refractivity contribution in [1.82, 2.24) is 0 Å². The van der Waals surface area contributed by atoms with E-state index in [2.05, 4.69) is 37.9 Å². The molecule has 0 saturated heterocycles. The van der Waals surface area contributed by atoms with E-state index in [4.69, 9.17) is 4.74 Å². The maximum atomic E-state index is 11.4. The fourth-order valence-corrected chi connectivity index (χ4v) is 2.29. The third-order valence-electron chi connectivity index (χ3n) is 2.34. The molecule has 0 spiro atoms. The lowest BCUT2D eigenvalue weighted by atomic mass is 10.1. The van der Waals surface area contributed by atoms with Gasteiger partial charge in [-0.15, -0.1) is 0 Å². The largest absolute Gasteiger partial charge is 0.466 e. The van der Waals surface area contributed by atoms with Gasteiger partial charge in [-0.25, -0.2) is 0 Å². The minimum Gasteiger partial charge on any atom is -0.466 e. The molecule has 1 rings (SSSR count). The van der Waals surface area contributed by atoms with E-state index in [0.717, 1.165) is 28.2 Å². The van der Waals surface area contributed by atoms with Crippen molar-refractivity contribution < 1.29 is 9.53 Å². The maximum Gasteiger partial charge on any atom is 0.310 e. The molecule has 0 atom stereocenters. The zero-order valence-electron chi connectivity index (χ0n) is 9.84. The van der Waals surface area contributed by atoms with Crippen LogP contribution in [0.25, 0.3) is 0 Å². The number of hydrogen-bond donors (Lipinski definition) is 0. The van der Waals surface area contributed by atoms with Gasteiger partial charge in [0.25, 0.3) is 0 Å². The summed E-state index contributed by atoms with van der Waals surface area (Å²) in [4.78, 5) is 11.4. The number of halogens is 2. The van der Waals surface area contributed by atoms with E-state index >= 15 is 0 Å². The number of carbonyl (C=O) groups excluding carboxylic acids is 1. The zero-order valence-corrected chi connectivity index (χ0v) is 13.0. The van der Waals surface area contributed by atoms with Crippen molar-refractivity contribution in [2.75, 3.05) is 11.9 Å². The highest BCUT2D eigenvalue weighted by molar-refractivity contribution is 9.10. The molecule has 0 aliphatic carbocycles.